The van der Waals surface area contributed by atoms with Crippen LogP contribution in [0, 0.1) is 0 Å². The van der Waals surface area contributed by atoms with Gasteiger partial charge >= 0.3 is 0 Å². The molecule has 1 saturated carbocycles. The van der Waals surface area contributed by atoms with Gasteiger partial charge in [0.05, 0.1) is 11.1 Å². The van der Waals surface area contributed by atoms with E-state index in [9.17, 15) is 0 Å². The number of benzene rings is 1. The van der Waals surface area contributed by atoms with Gasteiger partial charge in [0, 0.05) is 12.1 Å². The minimum absolute atomic E-state index is 0.318. The van der Waals surface area contributed by atoms with E-state index >= 15 is 0 Å². The number of nitrogens with two attached hydrogens (primary N) is 1. The molecule has 0 saturated heterocycles. The van der Waals surface area contributed by atoms with Crippen LogP contribution in [0.2, 0.25) is 5.02 Å². The van der Waals surface area contributed by atoms with Gasteiger partial charge in [0.1, 0.15) is 5.75 Å². The number of ether oxygens (including phenoxy) is 1. The highest BCUT2D eigenvalue weighted by atomic mass is 35.5. The van der Waals surface area contributed by atoms with Gasteiger partial charge in [0.2, 0.25) is 0 Å². The number of halogens is 1. The lowest BCUT2D eigenvalue weighted by molar-refractivity contribution is 0.153. The Morgan fingerprint density at radius 2 is 2.00 bits per heavy atom. The monoisotopic (exact) mass is 239 g/mol. The van der Waals surface area contributed by atoms with Crippen LogP contribution in [-0.4, -0.2) is 6.10 Å². The second-order valence-corrected chi connectivity index (χ2v) is 4.72. The summed E-state index contributed by atoms with van der Waals surface area (Å²) in [6.07, 6.45) is 6.43. The molecule has 1 aliphatic rings. The van der Waals surface area contributed by atoms with Gasteiger partial charge in [-0.3, -0.25) is 0 Å². The van der Waals surface area contributed by atoms with Gasteiger partial charge in [-0.25, -0.2) is 0 Å². The van der Waals surface area contributed by atoms with Crippen LogP contribution in [0.3, 0.4) is 0 Å². The Labute approximate surface area is 102 Å². The molecular weight excluding hydrogens is 222 g/mol. The summed E-state index contributed by atoms with van der Waals surface area (Å²) in [4.78, 5) is 0. The summed E-state index contributed by atoms with van der Waals surface area (Å²) >= 11 is 6.15. The normalized spacial score (nSPS) is 17.4. The zero-order valence-electron chi connectivity index (χ0n) is 9.42. The molecule has 0 bridgehead atoms. The van der Waals surface area contributed by atoms with E-state index in [0.29, 0.717) is 17.7 Å². The molecular formula is C13H18ClNO. The lowest BCUT2D eigenvalue weighted by atomic mass is 9.97. The van der Waals surface area contributed by atoms with Crippen molar-refractivity contribution in [1.29, 1.82) is 0 Å². The number of hydrogen-bond acceptors (Lipinski definition) is 2. The van der Waals surface area contributed by atoms with E-state index in [1.54, 1.807) is 0 Å². The molecule has 2 N–H and O–H groups in total. The van der Waals surface area contributed by atoms with E-state index in [1.807, 2.05) is 18.2 Å². The summed E-state index contributed by atoms with van der Waals surface area (Å²) in [5.41, 5.74) is 6.68. The quantitative estimate of drug-likeness (QED) is 0.876. The molecule has 0 unspecified atom stereocenters. The third-order valence-corrected chi connectivity index (χ3v) is 3.40. The van der Waals surface area contributed by atoms with Crippen molar-refractivity contribution in [2.75, 3.05) is 0 Å². The van der Waals surface area contributed by atoms with Crippen LogP contribution in [0.4, 0.5) is 0 Å². The van der Waals surface area contributed by atoms with Gasteiger partial charge in [-0.2, -0.15) is 0 Å². The Balaban J connectivity index is 2.12. The lowest BCUT2D eigenvalue weighted by Gasteiger charge is -2.24. The van der Waals surface area contributed by atoms with Crippen molar-refractivity contribution < 1.29 is 4.74 Å². The molecule has 88 valence electrons. The highest BCUT2D eigenvalue weighted by molar-refractivity contribution is 6.32. The summed E-state index contributed by atoms with van der Waals surface area (Å²) in [6, 6.07) is 5.75. The molecule has 1 aromatic rings. The van der Waals surface area contributed by atoms with Crippen LogP contribution < -0.4 is 10.5 Å². The molecule has 0 aliphatic heterocycles. The Bertz CT molecular complexity index is 348. The molecule has 16 heavy (non-hydrogen) atoms. The van der Waals surface area contributed by atoms with Crippen molar-refractivity contribution >= 4 is 11.6 Å². The lowest BCUT2D eigenvalue weighted by Crippen LogP contribution is -2.20. The first-order valence-electron chi connectivity index (χ1n) is 5.95. The third kappa shape index (κ3) is 2.69. The standard InChI is InChI=1S/C13H18ClNO/c14-12-8-4-5-10(9-15)13(12)16-11-6-2-1-3-7-11/h4-5,8,11H,1-3,6-7,9,15H2. The largest absolute Gasteiger partial charge is 0.489 e. The first kappa shape index (κ1) is 11.7. The van der Waals surface area contributed by atoms with E-state index in [2.05, 4.69) is 0 Å². The number of rotatable bonds is 3. The Morgan fingerprint density at radius 1 is 1.25 bits per heavy atom. The maximum absolute atomic E-state index is 6.15. The maximum atomic E-state index is 6.15. The van der Waals surface area contributed by atoms with Crippen molar-refractivity contribution in [3.8, 4) is 5.75 Å². The van der Waals surface area contributed by atoms with Gasteiger partial charge in [-0.1, -0.05) is 30.2 Å². The van der Waals surface area contributed by atoms with Crippen molar-refractivity contribution in [3.63, 3.8) is 0 Å². The molecule has 1 aliphatic carbocycles. The van der Waals surface area contributed by atoms with Crippen LogP contribution in [0.25, 0.3) is 0 Å². The molecule has 2 nitrogen and oxygen atoms in total. The molecule has 2 rings (SSSR count). The summed E-state index contributed by atoms with van der Waals surface area (Å²) in [6.45, 7) is 0.475. The maximum Gasteiger partial charge on any atom is 0.142 e. The van der Waals surface area contributed by atoms with E-state index in [0.717, 1.165) is 24.2 Å². The molecule has 0 aromatic heterocycles. The van der Waals surface area contributed by atoms with Gasteiger partial charge in [0.15, 0.2) is 0 Å². The van der Waals surface area contributed by atoms with Crippen LogP contribution in [0.1, 0.15) is 37.7 Å². The number of hydrogen-bond donors (Lipinski definition) is 1. The molecule has 0 spiro atoms. The Morgan fingerprint density at radius 3 is 2.69 bits per heavy atom. The molecule has 1 fully saturated rings. The van der Waals surface area contributed by atoms with Crippen molar-refractivity contribution in [3.05, 3.63) is 28.8 Å². The Hall–Kier alpha value is -0.730. The van der Waals surface area contributed by atoms with Crippen LogP contribution in [0.15, 0.2) is 18.2 Å². The van der Waals surface area contributed by atoms with E-state index in [1.165, 1.54) is 19.3 Å². The van der Waals surface area contributed by atoms with E-state index in [-0.39, 0.29) is 0 Å². The second-order valence-electron chi connectivity index (χ2n) is 4.31. The minimum Gasteiger partial charge on any atom is -0.489 e. The fourth-order valence-electron chi connectivity index (χ4n) is 2.20. The topological polar surface area (TPSA) is 35.2 Å². The highest BCUT2D eigenvalue weighted by Crippen LogP contribution is 2.32. The second kappa shape index (κ2) is 5.55. The average Bonchev–Trinajstić information content (AvgIpc) is 2.33. The van der Waals surface area contributed by atoms with Gasteiger partial charge in [-0.15, -0.1) is 0 Å². The molecule has 0 amide bonds. The van der Waals surface area contributed by atoms with Crippen LogP contribution in [0.5, 0.6) is 5.75 Å². The smallest absolute Gasteiger partial charge is 0.142 e. The summed E-state index contributed by atoms with van der Waals surface area (Å²) < 4.78 is 6.00. The zero-order chi connectivity index (χ0) is 11.4. The van der Waals surface area contributed by atoms with Gasteiger partial charge < -0.3 is 10.5 Å². The first-order valence-corrected chi connectivity index (χ1v) is 6.33. The highest BCUT2D eigenvalue weighted by Gasteiger charge is 2.17. The van der Waals surface area contributed by atoms with Crippen LogP contribution in [-0.2, 0) is 6.54 Å². The fraction of sp³-hybridized carbons (Fsp3) is 0.538. The zero-order valence-corrected chi connectivity index (χ0v) is 10.2. The predicted molar refractivity (Wildman–Crippen MR) is 66.8 cm³/mol. The first-order chi connectivity index (χ1) is 7.81. The average molecular weight is 240 g/mol. The third-order valence-electron chi connectivity index (χ3n) is 3.11. The predicted octanol–water partition coefficient (Wildman–Crippen LogP) is 3.51. The molecule has 0 radical (unpaired) electrons. The Kier molecular flexibility index (Phi) is 4.08. The van der Waals surface area contributed by atoms with Crippen molar-refractivity contribution in [2.45, 2.75) is 44.8 Å². The molecule has 3 heteroatoms. The van der Waals surface area contributed by atoms with Gasteiger partial charge in [-0.05, 0) is 31.7 Å². The fourth-order valence-corrected chi connectivity index (χ4v) is 2.43. The van der Waals surface area contributed by atoms with E-state index in [4.69, 9.17) is 22.1 Å². The summed E-state index contributed by atoms with van der Waals surface area (Å²) in [5.74, 6) is 0.790. The SMILES string of the molecule is NCc1cccc(Cl)c1OC1CCCCC1. The van der Waals surface area contributed by atoms with E-state index < -0.39 is 0 Å². The number of para-hydroxylation sites is 1. The molecule has 0 heterocycles. The van der Waals surface area contributed by atoms with Crippen molar-refractivity contribution in [1.82, 2.24) is 0 Å². The van der Waals surface area contributed by atoms with Crippen LogP contribution >= 0.6 is 11.6 Å². The summed E-state index contributed by atoms with van der Waals surface area (Å²) in [7, 11) is 0. The molecule has 0 atom stereocenters. The molecule has 1 aromatic carbocycles. The summed E-state index contributed by atoms with van der Waals surface area (Å²) in [5, 5.41) is 0.675. The van der Waals surface area contributed by atoms with Crippen molar-refractivity contribution in [2.24, 2.45) is 5.73 Å². The van der Waals surface area contributed by atoms with Gasteiger partial charge in [0.25, 0.3) is 0 Å². The minimum atomic E-state index is 0.318.